The number of aryl methyl sites for hydroxylation is 1. The third-order valence-electron chi connectivity index (χ3n) is 5.88. The van der Waals surface area contributed by atoms with Gasteiger partial charge >= 0.3 is 0 Å². The Balaban J connectivity index is 1.80. The molecule has 1 aliphatic carbocycles. The number of halogens is 1. The number of amides is 2. The maximum atomic E-state index is 13.4. The summed E-state index contributed by atoms with van der Waals surface area (Å²) < 4.78 is 14.9. The van der Waals surface area contributed by atoms with Gasteiger partial charge in [0.25, 0.3) is 17.6 Å². The van der Waals surface area contributed by atoms with Crippen LogP contribution in [-0.4, -0.2) is 44.4 Å². The Morgan fingerprint density at radius 3 is 2.42 bits per heavy atom. The summed E-state index contributed by atoms with van der Waals surface area (Å²) in [4.78, 5) is 41.9. The first-order chi connectivity index (χ1) is 14.6. The summed E-state index contributed by atoms with van der Waals surface area (Å²) in [6.07, 6.45) is 3.26. The first-order valence-electron chi connectivity index (χ1n) is 10.2. The van der Waals surface area contributed by atoms with E-state index in [1.807, 2.05) is 0 Å². The zero-order chi connectivity index (χ0) is 22.9. The van der Waals surface area contributed by atoms with Crippen LogP contribution in [0.2, 0.25) is 0 Å². The summed E-state index contributed by atoms with van der Waals surface area (Å²) in [6, 6.07) is 1.31. The number of ketones is 1. The van der Waals surface area contributed by atoms with Gasteiger partial charge in [-0.2, -0.15) is 4.39 Å². The van der Waals surface area contributed by atoms with Gasteiger partial charge in [-0.25, -0.2) is 4.98 Å². The van der Waals surface area contributed by atoms with Gasteiger partial charge in [0.1, 0.15) is 0 Å². The van der Waals surface area contributed by atoms with Gasteiger partial charge in [0.05, 0.1) is 29.2 Å². The molecule has 1 saturated carbocycles. The van der Waals surface area contributed by atoms with Crippen LogP contribution in [0, 0.1) is 26.7 Å². The van der Waals surface area contributed by atoms with Gasteiger partial charge in [-0.1, -0.05) is 0 Å². The topological polar surface area (TPSA) is 113 Å². The first kappa shape index (κ1) is 22.6. The van der Waals surface area contributed by atoms with Crippen LogP contribution in [0.4, 0.5) is 10.1 Å². The molecular weight excluding hydrogens is 403 g/mol. The minimum atomic E-state index is -0.726. The lowest BCUT2D eigenvalue weighted by Gasteiger charge is -2.25. The molecule has 2 aromatic rings. The molecule has 0 atom stereocenters. The molecule has 0 saturated heterocycles. The van der Waals surface area contributed by atoms with Gasteiger partial charge in [-0.15, -0.1) is 0 Å². The van der Waals surface area contributed by atoms with Crippen molar-refractivity contribution in [2.45, 2.75) is 58.6 Å². The molecule has 2 amide bonds. The van der Waals surface area contributed by atoms with E-state index >= 15 is 0 Å². The van der Waals surface area contributed by atoms with Gasteiger partial charge in [-0.05, 0) is 58.1 Å². The van der Waals surface area contributed by atoms with Gasteiger partial charge in [0.2, 0.25) is 5.95 Å². The molecule has 0 unspecified atom stereocenters. The van der Waals surface area contributed by atoms with E-state index in [0.29, 0.717) is 48.2 Å². The number of nitrogens with one attached hydrogen (secondary N) is 2. The van der Waals surface area contributed by atoms with Crippen molar-refractivity contribution in [1.29, 1.82) is 0 Å². The molecule has 3 N–H and O–H groups in total. The molecular formula is C22H27FN4O4. The smallest absolute Gasteiger partial charge is 0.294 e. The number of hydrogen-bond acceptors (Lipinski definition) is 5. The van der Waals surface area contributed by atoms with Gasteiger partial charge in [0.15, 0.2) is 0 Å². The van der Waals surface area contributed by atoms with Crippen molar-refractivity contribution >= 4 is 23.3 Å². The highest BCUT2D eigenvalue weighted by molar-refractivity contribution is 6.43. The van der Waals surface area contributed by atoms with Crippen molar-refractivity contribution in [3.05, 3.63) is 46.3 Å². The summed E-state index contributed by atoms with van der Waals surface area (Å²) in [5, 5.41) is 15.0. The lowest BCUT2D eigenvalue weighted by Crippen LogP contribution is -2.42. The lowest BCUT2D eigenvalue weighted by molar-refractivity contribution is -0.118. The number of carbonyl (C=O) groups excluding carboxylic acids is 3. The fraction of sp³-hybridized carbons (Fsp3) is 0.455. The largest absolute Gasteiger partial charge is 0.393 e. The van der Waals surface area contributed by atoms with Gasteiger partial charge in [0, 0.05) is 24.3 Å². The molecule has 9 heteroatoms. The molecule has 2 aromatic heterocycles. The number of nitrogens with zero attached hydrogens (tertiary/aromatic N) is 2. The minimum Gasteiger partial charge on any atom is -0.393 e. The van der Waals surface area contributed by atoms with Crippen LogP contribution in [0.25, 0.3) is 0 Å². The van der Waals surface area contributed by atoms with Crippen molar-refractivity contribution in [3.63, 3.8) is 0 Å². The third kappa shape index (κ3) is 4.66. The van der Waals surface area contributed by atoms with Crippen LogP contribution >= 0.6 is 0 Å². The number of anilines is 1. The Kier molecular flexibility index (Phi) is 6.54. The molecule has 8 nitrogen and oxygen atoms in total. The summed E-state index contributed by atoms with van der Waals surface area (Å²) >= 11 is 0. The van der Waals surface area contributed by atoms with Crippen molar-refractivity contribution in [3.8, 4) is 0 Å². The van der Waals surface area contributed by atoms with Gasteiger partial charge in [-0.3, -0.25) is 14.4 Å². The summed E-state index contributed by atoms with van der Waals surface area (Å²) in [6.45, 7) is 4.85. The maximum Gasteiger partial charge on any atom is 0.294 e. The van der Waals surface area contributed by atoms with Gasteiger partial charge < -0.3 is 20.3 Å². The lowest BCUT2D eigenvalue weighted by atomic mass is 9.93. The highest BCUT2D eigenvalue weighted by atomic mass is 19.1. The minimum absolute atomic E-state index is 0.143. The quantitative estimate of drug-likeness (QED) is 0.383. The third-order valence-corrected chi connectivity index (χ3v) is 5.88. The average molecular weight is 430 g/mol. The number of aromatic nitrogens is 2. The van der Waals surface area contributed by atoms with E-state index in [1.165, 1.54) is 16.8 Å². The second kappa shape index (κ2) is 8.97. The standard InChI is InChI=1S/C22H27FN4O4/c1-11-9-15(10-24-20(11)23)26-21(30)17-12(2)18(27(4)13(17)3)19(29)22(31)25-14-5-7-16(28)8-6-14/h9-10,14,16,28H,5-8H2,1-4H3,(H,25,31)(H,26,30)/t14-,16+. The molecule has 166 valence electrons. The Labute approximate surface area is 179 Å². The fourth-order valence-electron chi connectivity index (χ4n) is 4.03. The highest BCUT2D eigenvalue weighted by Crippen LogP contribution is 2.24. The van der Waals surface area contributed by atoms with Crippen LogP contribution in [0.15, 0.2) is 12.3 Å². The molecule has 3 rings (SSSR count). The molecule has 0 radical (unpaired) electrons. The monoisotopic (exact) mass is 430 g/mol. The molecule has 0 aliphatic heterocycles. The van der Waals surface area contributed by atoms with Crippen LogP contribution in [0.3, 0.4) is 0 Å². The van der Waals surface area contributed by atoms with E-state index in [-0.39, 0.29) is 23.4 Å². The van der Waals surface area contributed by atoms with Crippen LogP contribution in [-0.2, 0) is 11.8 Å². The van der Waals surface area contributed by atoms with E-state index in [1.54, 1.807) is 27.8 Å². The Hall–Kier alpha value is -3.07. The zero-order valence-electron chi connectivity index (χ0n) is 18.1. The van der Waals surface area contributed by atoms with Crippen molar-refractivity contribution in [2.75, 3.05) is 5.32 Å². The first-order valence-corrected chi connectivity index (χ1v) is 10.2. The predicted octanol–water partition coefficient (Wildman–Crippen LogP) is 2.34. The second-order valence-corrected chi connectivity index (χ2v) is 8.09. The van der Waals surface area contributed by atoms with E-state index in [0.717, 1.165) is 0 Å². The predicted molar refractivity (Wildman–Crippen MR) is 113 cm³/mol. The normalized spacial score (nSPS) is 18.5. The Morgan fingerprint density at radius 2 is 1.81 bits per heavy atom. The van der Waals surface area contributed by atoms with Crippen LogP contribution in [0.5, 0.6) is 0 Å². The van der Waals surface area contributed by atoms with Crippen molar-refractivity contribution in [1.82, 2.24) is 14.9 Å². The fourth-order valence-corrected chi connectivity index (χ4v) is 4.03. The van der Waals surface area contributed by atoms with E-state index in [2.05, 4.69) is 15.6 Å². The van der Waals surface area contributed by atoms with E-state index < -0.39 is 23.5 Å². The van der Waals surface area contributed by atoms with Crippen LogP contribution in [0.1, 0.15) is 63.4 Å². The molecule has 0 aromatic carbocycles. The highest BCUT2D eigenvalue weighted by Gasteiger charge is 2.30. The number of carbonyl (C=O) groups is 3. The summed E-state index contributed by atoms with van der Waals surface area (Å²) in [5.74, 6) is -2.53. The van der Waals surface area contributed by atoms with E-state index in [4.69, 9.17) is 0 Å². The number of rotatable bonds is 5. The Morgan fingerprint density at radius 1 is 1.16 bits per heavy atom. The van der Waals surface area contributed by atoms with E-state index in [9.17, 15) is 23.9 Å². The average Bonchev–Trinajstić information content (AvgIpc) is 2.94. The Bertz CT molecular complexity index is 1040. The molecule has 1 aliphatic rings. The summed E-state index contributed by atoms with van der Waals surface area (Å²) in [7, 11) is 1.63. The van der Waals surface area contributed by atoms with Crippen molar-refractivity contribution in [2.24, 2.45) is 7.05 Å². The molecule has 0 spiro atoms. The van der Waals surface area contributed by atoms with Crippen molar-refractivity contribution < 1.29 is 23.9 Å². The number of hydrogen-bond donors (Lipinski definition) is 3. The molecule has 2 heterocycles. The summed E-state index contributed by atoms with van der Waals surface area (Å²) in [5.41, 5.74) is 1.96. The number of aliphatic hydroxyl groups excluding tert-OH is 1. The number of pyridine rings is 1. The SMILES string of the molecule is Cc1cc(NC(=O)c2c(C)c(C(=O)C(=O)N[C@H]3CC[C@@H](O)CC3)n(C)c2C)cnc1F. The maximum absolute atomic E-state index is 13.4. The number of aliphatic hydroxyl groups is 1. The number of Topliss-reactive ketones (excluding diaryl/α,β-unsaturated/α-hetero) is 1. The molecule has 1 fully saturated rings. The molecule has 31 heavy (non-hydrogen) atoms. The molecule has 0 bridgehead atoms. The second-order valence-electron chi connectivity index (χ2n) is 8.09. The van der Waals surface area contributed by atoms with Crippen LogP contribution < -0.4 is 10.6 Å². The zero-order valence-corrected chi connectivity index (χ0v) is 18.1.